The number of ketones is 1. The highest BCUT2D eigenvalue weighted by Gasteiger charge is 2.18. The van der Waals surface area contributed by atoms with Gasteiger partial charge in [-0.2, -0.15) is 0 Å². The van der Waals surface area contributed by atoms with Gasteiger partial charge in [0, 0.05) is 31.8 Å². The third kappa shape index (κ3) is 3.81. The van der Waals surface area contributed by atoms with Crippen LogP contribution in [0.2, 0.25) is 0 Å². The number of Topliss-reactive ketones (excluding diaryl/α,β-unsaturated/α-hetero) is 1. The quantitative estimate of drug-likeness (QED) is 0.585. The lowest BCUT2D eigenvalue weighted by molar-refractivity contribution is 0.0502. The van der Waals surface area contributed by atoms with E-state index >= 15 is 0 Å². The summed E-state index contributed by atoms with van der Waals surface area (Å²) in [4.78, 5) is 25.8. The van der Waals surface area contributed by atoms with E-state index in [-0.39, 0.29) is 5.78 Å². The molecule has 0 fully saturated rings. The lowest BCUT2D eigenvalue weighted by Crippen LogP contribution is -2.15. The molecule has 0 aromatic heterocycles. The molecule has 0 aliphatic carbocycles. The number of esters is 1. The normalized spacial score (nSPS) is 10.1. The molecule has 0 bridgehead atoms. The number of hydrogen-bond donors (Lipinski definition) is 0. The first-order valence-electron chi connectivity index (χ1n) is 6.52. The van der Waals surface area contributed by atoms with Gasteiger partial charge in [-0.1, -0.05) is 13.8 Å². The number of ether oxygens (including phenoxy) is 1. The fraction of sp³-hybridized carbons (Fsp3) is 0.467. The topological polar surface area (TPSA) is 46.6 Å². The molecule has 1 rings (SSSR count). The van der Waals surface area contributed by atoms with Crippen LogP contribution in [0.5, 0.6) is 0 Å². The predicted molar refractivity (Wildman–Crippen MR) is 76.0 cm³/mol. The van der Waals surface area contributed by atoms with Crippen LogP contribution in [0.1, 0.15) is 47.4 Å². The van der Waals surface area contributed by atoms with Crippen LogP contribution < -0.4 is 4.90 Å². The van der Waals surface area contributed by atoms with E-state index in [1.54, 1.807) is 19.1 Å². The van der Waals surface area contributed by atoms with Crippen molar-refractivity contribution in [3.63, 3.8) is 0 Å². The summed E-state index contributed by atoms with van der Waals surface area (Å²) in [5, 5.41) is 0. The molecule has 19 heavy (non-hydrogen) atoms. The predicted octanol–water partition coefficient (Wildman–Crippen LogP) is 2.91. The molecular weight excluding hydrogens is 242 g/mol. The van der Waals surface area contributed by atoms with Crippen molar-refractivity contribution < 1.29 is 14.3 Å². The zero-order chi connectivity index (χ0) is 14.4. The zero-order valence-electron chi connectivity index (χ0n) is 12.0. The summed E-state index contributed by atoms with van der Waals surface area (Å²) in [5.41, 5.74) is 1.66. The fourth-order valence-corrected chi connectivity index (χ4v) is 1.69. The van der Waals surface area contributed by atoms with Crippen molar-refractivity contribution >= 4 is 17.4 Å². The molecular formula is C15H21NO3. The summed E-state index contributed by atoms with van der Waals surface area (Å²) in [6, 6.07) is 5.24. The molecule has 0 radical (unpaired) electrons. The molecule has 0 aliphatic heterocycles. The van der Waals surface area contributed by atoms with Gasteiger partial charge in [0.05, 0.1) is 12.2 Å². The van der Waals surface area contributed by atoms with E-state index in [1.807, 2.05) is 32.0 Å². The third-order valence-electron chi connectivity index (χ3n) is 2.80. The third-order valence-corrected chi connectivity index (χ3v) is 2.80. The fourth-order valence-electron chi connectivity index (χ4n) is 1.69. The Morgan fingerprint density at radius 3 is 2.37 bits per heavy atom. The Hall–Kier alpha value is -1.84. The first-order valence-corrected chi connectivity index (χ1v) is 6.52. The Labute approximate surface area is 114 Å². The summed E-state index contributed by atoms with van der Waals surface area (Å²) in [7, 11) is 3.77. The molecule has 0 spiro atoms. The van der Waals surface area contributed by atoms with Gasteiger partial charge in [0.15, 0.2) is 5.78 Å². The van der Waals surface area contributed by atoms with Gasteiger partial charge < -0.3 is 9.64 Å². The minimum absolute atomic E-state index is 0.0474. The van der Waals surface area contributed by atoms with Crippen LogP contribution in [0.25, 0.3) is 0 Å². The van der Waals surface area contributed by atoms with Crippen molar-refractivity contribution in [1.82, 2.24) is 0 Å². The molecule has 0 amide bonds. The minimum atomic E-state index is -0.428. The molecule has 4 heteroatoms. The largest absolute Gasteiger partial charge is 0.462 e. The van der Waals surface area contributed by atoms with E-state index in [0.717, 1.165) is 12.1 Å². The van der Waals surface area contributed by atoms with Crippen molar-refractivity contribution in [3.05, 3.63) is 29.3 Å². The van der Waals surface area contributed by atoms with Crippen LogP contribution in [0.15, 0.2) is 18.2 Å². The van der Waals surface area contributed by atoms with Crippen LogP contribution >= 0.6 is 0 Å². The van der Waals surface area contributed by atoms with Crippen molar-refractivity contribution in [2.75, 3.05) is 25.6 Å². The van der Waals surface area contributed by atoms with Gasteiger partial charge in [-0.3, -0.25) is 4.79 Å². The standard InChI is InChI=1S/C15H21NO3/c1-5-9-19-15(18)13-10-11(16(3)4)7-8-12(13)14(17)6-2/h7-8,10H,5-6,9H2,1-4H3. The molecule has 0 unspecified atom stereocenters. The lowest BCUT2D eigenvalue weighted by Gasteiger charge is -2.15. The van der Waals surface area contributed by atoms with E-state index in [0.29, 0.717) is 24.2 Å². The molecule has 0 saturated heterocycles. The molecule has 0 N–H and O–H groups in total. The van der Waals surface area contributed by atoms with Gasteiger partial charge in [-0.15, -0.1) is 0 Å². The van der Waals surface area contributed by atoms with E-state index in [2.05, 4.69) is 0 Å². The van der Waals surface area contributed by atoms with Crippen LogP contribution in [0.4, 0.5) is 5.69 Å². The second-order valence-electron chi connectivity index (χ2n) is 4.54. The monoisotopic (exact) mass is 263 g/mol. The summed E-state index contributed by atoms with van der Waals surface area (Å²) in [5.74, 6) is -0.476. The average molecular weight is 263 g/mol. The Morgan fingerprint density at radius 1 is 1.16 bits per heavy atom. The molecule has 104 valence electrons. The summed E-state index contributed by atoms with van der Waals surface area (Å²) >= 11 is 0. The molecule has 0 heterocycles. The summed E-state index contributed by atoms with van der Waals surface area (Å²) in [6.45, 7) is 4.08. The Kier molecular flexibility index (Phi) is 5.55. The van der Waals surface area contributed by atoms with Crippen LogP contribution in [0, 0.1) is 0 Å². The Balaban J connectivity index is 3.17. The van der Waals surface area contributed by atoms with Crippen molar-refractivity contribution in [2.45, 2.75) is 26.7 Å². The molecule has 0 atom stereocenters. The number of carbonyl (C=O) groups excluding carboxylic acids is 2. The molecule has 1 aromatic carbocycles. The molecule has 1 aromatic rings. The summed E-state index contributed by atoms with van der Waals surface area (Å²) in [6.07, 6.45) is 1.13. The molecule has 4 nitrogen and oxygen atoms in total. The second kappa shape index (κ2) is 6.92. The van der Waals surface area contributed by atoms with E-state index < -0.39 is 5.97 Å². The lowest BCUT2D eigenvalue weighted by atomic mass is 10.0. The van der Waals surface area contributed by atoms with Gasteiger partial charge >= 0.3 is 5.97 Å². The van der Waals surface area contributed by atoms with Gasteiger partial charge in [-0.05, 0) is 24.6 Å². The molecule has 0 aliphatic rings. The SMILES string of the molecule is CCCOC(=O)c1cc(N(C)C)ccc1C(=O)CC. The summed E-state index contributed by atoms with van der Waals surface area (Å²) < 4.78 is 5.14. The van der Waals surface area contributed by atoms with Crippen molar-refractivity contribution in [3.8, 4) is 0 Å². The number of rotatable bonds is 6. The van der Waals surface area contributed by atoms with Gasteiger partial charge in [0.25, 0.3) is 0 Å². The molecule has 0 saturated carbocycles. The van der Waals surface area contributed by atoms with E-state index in [9.17, 15) is 9.59 Å². The first kappa shape index (κ1) is 15.2. The highest BCUT2D eigenvalue weighted by molar-refractivity contribution is 6.06. The first-order chi connectivity index (χ1) is 9.01. The van der Waals surface area contributed by atoms with Crippen LogP contribution in [-0.2, 0) is 4.74 Å². The number of hydrogen-bond acceptors (Lipinski definition) is 4. The van der Waals surface area contributed by atoms with Crippen LogP contribution in [-0.4, -0.2) is 32.5 Å². The second-order valence-corrected chi connectivity index (χ2v) is 4.54. The zero-order valence-corrected chi connectivity index (χ0v) is 12.0. The van der Waals surface area contributed by atoms with Gasteiger partial charge in [0.2, 0.25) is 0 Å². The maximum Gasteiger partial charge on any atom is 0.338 e. The minimum Gasteiger partial charge on any atom is -0.462 e. The van der Waals surface area contributed by atoms with Crippen molar-refractivity contribution in [2.24, 2.45) is 0 Å². The number of nitrogens with zero attached hydrogens (tertiary/aromatic N) is 1. The van der Waals surface area contributed by atoms with E-state index in [4.69, 9.17) is 4.74 Å². The number of benzene rings is 1. The highest BCUT2D eigenvalue weighted by Crippen LogP contribution is 2.20. The maximum absolute atomic E-state index is 12.0. The average Bonchev–Trinajstić information content (AvgIpc) is 2.43. The number of carbonyl (C=O) groups is 2. The smallest absolute Gasteiger partial charge is 0.338 e. The number of anilines is 1. The van der Waals surface area contributed by atoms with Gasteiger partial charge in [-0.25, -0.2) is 4.79 Å². The maximum atomic E-state index is 12.0. The highest BCUT2D eigenvalue weighted by atomic mass is 16.5. The van der Waals surface area contributed by atoms with Gasteiger partial charge in [0.1, 0.15) is 0 Å². The Bertz CT molecular complexity index is 466. The van der Waals surface area contributed by atoms with E-state index in [1.165, 1.54) is 0 Å². The van der Waals surface area contributed by atoms with Crippen LogP contribution in [0.3, 0.4) is 0 Å². The Morgan fingerprint density at radius 2 is 1.84 bits per heavy atom. The van der Waals surface area contributed by atoms with Crippen molar-refractivity contribution in [1.29, 1.82) is 0 Å².